The summed E-state index contributed by atoms with van der Waals surface area (Å²) in [5.41, 5.74) is 0.794. The predicted molar refractivity (Wildman–Crippen MR) is 78.8 cm³/mol. The van der Waals surface area contributed by atoms with Crippen molar-refractivity contribution in [2.75, 3.05) is 0 Å². The van der Waals surface area contributed by atoms with Crippen LogP contribution in [-0.4, -0.2) is 10.1 Å². The Morgan fingerprint density at radius 3 is 2.74 bits per heavy atom. The van der Waals surface area contributed by atoms with Crippen molar-refractivity contribution in [1.29, 1.82) is 0 Å². The van der Waals surface area contributed by atoms with Gasteiger partial charge < -0.3 is 0 Å². The summed E-state index contributed by atoms with van der Waals surface area (Å²) < 4.78 is 2.33. The Morgan fingerprint density at radius 1 is 1.26 bits per heavy atom. The van der Waals surface area contributed by atoms with Gasteiger partial charge in [-0.1, -0.05) is 41.7 Å². The minimum absolute atomic E-state index is 0.000599. The van der Waals surface area contributed by atoms with Gasteiger partial charge in [0, 0.05) is 6.20 Å². The highest BCUT2D eigenvalue weighted by Crippen LogP contribution is 2.12. The molecular formula is C15H14N2OS. The van der Waals surface area contributed by atoms with E-state index < -0.39 is 0 Å². The number of nitrogens with zero attached hydrogens (tertiary/aromatic N) is 2. The van der Waals surface area contributed by atoms with Crippen molar-refractivity contribution in [3.8, 4) is 0 Å². The average molecular weight is 270 g/mol. The van der Waals surface area contributed by atoms with Gasteiger partial charge in [0.15, 0.2) is 4.80 Å². The number of thiazole rings is 1. The highest BCUT2D eigenvalue weighted by atomic mass is 32.1. The lowest BCUT2D eigenvalue weighted by Crippen LogP contribution is -2.32. The fraction of sp³-hybridized carbons (Fsp3) is 0.200. The summed E-state index contributed by atoms with van der Waals surface area (Å²) >= 11 is 1.44. The van der Waals surface area contributed by atoms with E-state index in [2.05, 4.69) is 4.99 Å². The summed E-state index contributed by atoms with van der Waals surface area (Å²) in [5, 5.41) is 0. The maximum atomic E-state index is 12.3. The lowest BCUT2D eigenvalue weighted by molar-refractivity contribution is 0.617. The number of aromatic nitrogens is 1. The molecule has 1 aliphatic rings. The number of benzene rings is 1. The molecule has 1 aliphatic heterocycles. The quantitative estimate of drug-likeness (QED) is 0.775. The molecule has 0 radical (unpaired) electrons. The topological polar surface area (TPSA) is 34.4 Å². The molecule has 0 atom stereocenters. The molecule has 3 nitrogen and oxygen atoms in total. The molecule has 0 saturated heterocycles. The Balaban J connectivity index is 2.23. The van der Waals surface area contributed by atoms with Gasteiger partial charge in [-0.25, -0.2) is 4.99 Å². The molecule has 19 heavy (non-hydrogen) atoms. The third-order valence-electron chi connectivity index (χ3n) is 2.95. The highest BCUT2D eigenvalue weighted by Gasteiger charge is 2.17. The molecule has 0 amide bonds. The molecule has 2 aromatic rings. The molecular weight excluding hydrogens is 256 g/mol. The number of fused-ring (bicyclic) bond motifs is 1. The van der Waals surface area contributed by atoms with E-state index in [4.69, 9.17) is 0 Å². The fourth-order valence-electron chi connectivity index (χ4n) is 1.94. The third-order valence-corrected chi connectivity index (χ3v) is 3.93. The number of hydrogen-bond donors (Lipinski definition) is 0. The normalized spacial score (nSPS) is 17.1. The zero-order chi connectivity index (χ0) is 13.5. The van der Waals surface area contributed by atoms with Crippen molar-refractivity contribution in [1.82, 2.24) is 4.57 Å². The van der Waals surface area contributed by atoms with Crippen LogP contribution in [0.2, 0.25) is 0 Å². The van der Waals surface area contributed by atoms with Crippen molar-refractivity contribution >= 4 is 23.6 Å². The minimum atomic E-state index is -0.235. The van der Waals surface area contributed by atoms with Crippen LogP contribution in [0.3, 0.4) is 0 Å². The first-order valence-corrected chi connectivity index (χ1v) is 6.94. The molecule has 0 fully saturated rings. The smallest absolute Gasteiger partial charge is 0.267 e. The van der Waals surface area contributed by atoms with Gasteiger partial charge in [0.05, 0.1) is 10.1 Å². The molecule has 1 aromatic heterocycles. The van der Waals surface area contributed by atoms with Crippen molar-refractivity contribution in [2.24, 2.45) is 4.99 Å². The first-order valence-electron chi connectivity index (χ1n) is 6.13. The van der Waals surface area contributed by atoms with Crippen LogP contribution in [0.25, 0.3) is 12.3 Å². The van der Waals surface area contributed by atoms with E-state index in [0.29, 0.717) is 4.53 Å². The second-order valence-electron chi connectivity index (χ2n) is 5.06. The van der Waals surface area contributed by atoms with Crippen LogP contribution >= 0.6 is 11.3 Å². The summed E-state index contributed by atoms with van der Waals surface area (Å²) in [5.74, 6) is 0. The molecule has 0 saturated carbocycles. The lowest BCUT2D eigenvalue weighted by atomic mass is 10.1. The SMILES string of the molecule is CC1(C)C=Cn2c(sc(=Cc3ccccc3)c2=O)=N1. The second kappa shape index (κ2) is 4.31. The predicted octanol–water partition coefficient (Wildman–Crippen LogP) is 1.62. The van der Waals surface area contributed by atoms with E-state index in [1.165, 1.54) is 11.3 Å². The Hall–Kier alpha value is -1.94. The van der Waals surface area contributed by atoms with Gasteiger partial charge >= 0.3 is 0 Å². The van der Waals surface area contributed by atoms with Crippen molar-refractivity contribution < 1.29 is 0 Å². The van der Waals surface area contributed by atoms with Crippen LogP contribution in [0, 0.1) is 0 Å². The lowest BCUT2D eigenvalue weighted by Gasteiger charge is -2.16. The molecule has 1 aromatic carbocycles. The molecule has 4 heteroatoms. The van der Waals surface area contributed by atoms with E-state index in [9.17, 15) is 4.79 Å². The first kappa shape index (κ1) is 12.1. The van der Waals surface area contributed by atoms with Crippen LogP contribution in [-0.2, 0) is 0 Å². The first-order chi connectivity index (χ1) is 9.05. The molecule has 0 spiro atoms. The van der Waals surface area contributed by atoms with Gasteiger partial charge in [-0.05, 0) is 31.6 Å². The van der Waals surface area contributed by atoms with Gasteiger partial charge in [0.2, 0.25) is 0 Å². The minimum Gasteiger partial charge on any atom is -0.267 e. The fourth-order valence-corrected chi connectivity index (χ4v) is 3.04. The summed E-state index contributed by atoms with van der Waals surface area (Å²) in [7, 11) is 0. The molecule has 0 bridgehead atoms. The standard InChI is InChI=1S/C15H14N2OS/c1-15(2)8-9-17-13(18)12(19-14(17)16-15)10-11-6-4-3-5-7-11/h3-10H,1-2H3. The van der Waals surface area contributed by atoms with Gasteiger partial charge in [0.25, 0.3) is 5.56 Å². The Kier molecular flexibility index (Phi) is 2.75. The summed E-state index contributed by atoms with van der Waals surface area (Å²) in [6, 6.07) is 9.86. The summed E-state index contributed by atoms with van der Waals surface area (Å²) in [6.45, 7) is 4.05. The molecule has 3 rings (SSSR count). The van der Waals surface area contributed by atoms with Gasteiger partial charge in [-0.3, -0.25) is 9.36 Å². The molecule has 0 N–H and O–H groups in total. The Morgan fingerprint density at radius 2 is 2.00 bits per heavy atom. The number of rotatable bonds is 1. The van der Waals surface area contributed by atoms with E-state index in [1.807, 2.05) is 62.5 Å². The monoisotopic (exact) mass is 270 g/mol. The largest absolute Gasteiger partial charge is 0.274 e. The summed E-state index contributed by atoms with van der Waals surface area (Å²) in [6.07, 6.45) is 5.68. The van der Waals surface area contributed by atoms with E-state index >= 15 is 0 Å². The molecule has 0 aliphatic carbocycles. The van der Waals surface area contributed by atoms with Crippen LogP contribution in [0.15, 0.2) is 46.2 Å². The van der Waals surface area contributed by atoms with Crippen molar-refractivity contribution in [2.45, 2.75) is 19.4 Å². The van der Waals surface area contributed by atoms with Crippen LogP contribution in [0.1, 0.15) is 19.4 Å². The van der Waals surface area contributed by atoms with Gasteiger partial charge in [-0.15, -0.1) is 0 Å². The zero-order valence-electron chi connectivity index (χ0n) is 10.8. The van der Waals surface area contributed by atoms with Crippen LogP contribution < -0.4 is 14.9 Å². The maximum Gasteiger partial charge on any atom is 0.274 e. The molecule has 0 unspecified atom stereocenters. The van der Waals surface area contributed by atoms with Crippen LogP contribution in [0.4, 0.5) is 0 Å². The number of hydrogen-bond acceptors (Lipinski definition) is 3. The van der Waals surface area contributed by atoms with E-state index in [0.717, 1.165) is 10.4 Å². The van der Waals surface area contributed by atoms with Crippen molar-refractivity contribution in [3.63, 3.8) is 0 Å². The van der Waals surface area contributed by atoms with Crippen molar-refractivity contribution in [3.05, 3.63) is 61.7 Å². The summed E-state index contributed by atoms with van der Waals surface area (Å²) in [4.78, 5) is 17.6. The van der Waals surface area contributed by atoms with E-state index in [-0.39, 0.29) is 11.1 Å². The average Bonchev–Trinajstić information content (AvgIpc) is 2.65. The zero-order valence-corrected chi connectivity index (χ0v) is 11.6. The molecule has 2 heterocycles. The molecule has 96 valence electrons. The van der Waals surface area contributed by atoms with Crippen LogP contribution in [0.5, 0.6) is 0 Å². The third kappa shape index (κ3) is 2.31. The maximum absolute atomic E-state index is 12.3. The van der Waals surface area contributed by atoms with E-state index in [1.54, 1.807) is 4.57 Å². The van der Waals surface area contributed by atoms with Gasteiger partial charge in [0.1, 0.15) is 0 Å². The Labute approximate surface area is 114 Å². The highest BCUT2D eigenvalue weighted by molar-refractivity contribution is 7.07. The Bertz CT molecular complexity index is 810. The van der Waals surface area contributed by atoms with Gasteiger partial charge in [-0.2, -0.15) is 0 Å². The second-order valence-corrected chi connectivity index (χ2v) is 6.07.